The number of likely N-dealkylation sites (tertiary alicyclic amines) is 2. The quantitative estimate of drug-likeness (QED) is 0.775. The number of nitrogens with zero attached hydrogens (tertiary/aromatic N) is 2. The van der Waals surface area contributed by atoms with Crippen LogP contribution in [0.2, 0.25) is 0 Å². The van der Waals surface area contributed by atoms with E-state index >= 15 is 0 Å². The summed E-state index contributed by atoms with van der Waals surface area (Å²) in [5.41, 5.74) is 0.674. The van der Waals surface area contributed by atoms with Crippen LogP contribution in [0.3, 0.4) is 0 Å². The Hall–Kier alpha value is -1.50. The van der Waals surface area contributed by atoms with Gasteiger partial charge in [-0.05, 0) is 57.9 Å². The van der Waals surface area contributed by atoms with Crippen molar-refractivity contribution in [3.05, 3.63) is 35.6 Å². The maximum Gasteiger partial charge on any atom is 0.223 e. The molecule has 3 rings (SSSR count). The molecule has 2 N–H and O–H groups in total. The van der Waals surface area contributed by atoms with Gasteiger partial charge >= 0.3 is 0 Å². The second kappa shape index (κ2) is 9.44. The number of carbonyl (C=O) groups excluding carboxylic acids is 1. The van der Waals surface area contributed by atoms with E-state index in [9.17, 15) is 9.18 Å². The number of amides is 1. The molecule has 0 spiro atoms. The molecule has 0 aliphatic carbocycles. The highest BCUT2D eigenvalue weighted by Crippen LogP contribution is 2.27. The molecule has 2 heterocycles. The lowest BCUT2D eigenvalue weighted by atomic mass is 9.95. The Morgan fingerprint density at radius 1 is 1.19 bits per heavy atom. The van der Waals surface area contributed by atoms with Crippen molar-refractivity contribution >= 4 is 5.91 Å². The first-order valence-electron chi connectivity index (χ1n) is 9.78. The van der Waals surface area contributed by atoms with E-state index in [-0.39, 0.29) is 30.3 Å². The number of aliphatic hydroxyl groups excluding tert-OH is 1. The van der Waals surface area contributed by atoms with Crippen molar-refractivity contribution in [1.82, 2.24) is 15.1 Å². The van der Waals surface area contributed by atoms with Gasteiger partial charge in [-0.15, -0.1) is 0 Å². The largest absolute Gasteiger partial charge is 0.395 e. The topological polar surface area (TPSA) is 55.8 Å². The minimum atomic E-state index is -0.198. The molecule has 2 saturated heterocycles. The van der Waals surface area contributed by atoms with E-state index < -0.39 is 0 Å². The average Bonchev–Trinajstić information content (AvgIpc) is 3.18. The Balaban J connectivity index is 1.58. The summed E-state index contributed by atoms with van der Waals surface area (Å²) in [5, 5.41) is 12.1. The van der Waals surface area contributed by atoms with Crippen LogP contribution in [0.5, 0.6) is 0 Å². The Morgan fingerprint density at radius 2 is 1.88 bits per heavy atom. The van der Waals surface area contributed by atoms with Crippen molar-refractivity contribution in [3.63, 3.8) is 0 Å². The molecule has 1 aromatic carbocycles. The van der Waals surface area contributed by atoms with Crippen LogP contribution >= 0.6 is 0 Å². The van der Waals surface area contributed by atoms with Crippen molar-refractivity contribution < 1.29 is 14.3 Å². The summed E-state index contributed by atoms with van der Waals surface area (Å²) < 4.78 is 14.3. The minimum Gasteiger partial charge on any atom is -0.395 e. The Bertz CT molecular complexity index is 584. The van der Waals surface area contributed by atoms with Crippen molar-refractivity contribution in [2.45, 2.75) is 31.7 Å². The first kappa shape index (κ1) is 19.3. The van der Waals surface area contributed by atoms with E-state index in [1.54, 1.807) is 6.07 Å². The van der Waals surface area contributed by atoms with E-state index in [1.807, 2.05) is 12.1 Å². The third kappa shape index (κ3) is 4.81. The molecule has 0 saturated carbocycles. The molecule has 144 valence electrons. The number of hydrogen-bond acceptors (Lipinski definition) is 4. The Labute approximate surface area is 155 Å². The first-order valence-corrected chi connectivity index (χ1v) is 9.78. The van der Waals surface area contributed by atoms with Crippen molar-refractivity contribution in [2.75, 3.05) is 45.9 Å². The molecule has 0 bridgehead atoms. The summed E-state index contributed by atoms with van der Waals surface area (Å²) in [6.07, 6.45) is 3.89. The molecule has 0 unspecified atom stereocenters. The molecule has 2 aliphatic heterocycles. The third-order valence-electron chi connectivity index (χ3n) is 5.69. The van der Waals surface area contributed by atoms with Crippen LogP contribution in [0.4, 0.5) is 4.39 Å². The van der Waals surface area contributed by atoms with Crippen LogP contribution in [0, 0.1) is 11.7 Å². The summed E-state index contributed by atoms with van der Waals surface area (Å²) >= 11 is 0. The van der Waals surface area contributed by atoms with Crippen molar-refractivity contribution in [3.8, 4) is 0 Å². The van der Waals surface area contributed by atoms with Gasteiger partial charge in [-0.2, -0.15) is 0 Å². The summed E-state index contributed by atoms with van der Waals surface area (Å²) in [5.74, 6) is -0.102. The molecule has 2 fully saturated rings. The molecule has 1 atom stereocenters. The molecule has 1 amide bonds. The molecule has 1 aromatic rings. The number of benzene rings is 1. The fraction of sp³-hybridized carbons (Fsp3) is 0.650. The molecule has 26 heavy (non-hydrogen) atoms. The number of piperidine rings is 1. The number of hydrogen-bond donors (Lipinski definition) is 2. The lowest BCUT2D eigenvalue weighted by molar-refractivity contribution is -0.126. The zero-order valence-corrected chi connectivity index (χ0v) is 15.4. The predicted octanol–water partition coefficient (Wildman–Crippen LogP) is 1.78. The van der Waals surface area contributed by atoms with E-state index in [0.717, 1.165) is 51.9 Å². The fourth-order valence-electron chi connectivity index (χ4n) is 4.14. The number of carbonyl (C=O) groups is 1. The molecule has 6 heteroatoms. The standard InChI is InChI=1S/C20H30FN3O2/c21-18-6-2-1-5-17(18)19(24-9-3-4-10-24)15-22-20(26)16-7-11-23(12-8-16)13-14-25/h1-2,5-6,16,19,25H,3-4,7-15H2,(H,22,26)/t19-/m1/s1. The molecular formula is C20H30FN3O2. The fourth-order valence-corrected chi connectivity index (χ4v) is 4.14. The van der Waals surface area contributed by atoms with Gasteiger partial charge in [0, 0.05) is 24.6 Å². The molecule has 0 radical (unpaired) electrons. The second-order valence-corrected chi connectivity index (χ2v) is 7.37. The summed E-state index contributed by atoms with van der Waals surface area (Å²) in [4.78, 5) is 17.1. The summed E-state index contributed by atoms with van der Waals surface area (Å²) in [7, 11) is 0. The average molecular weight is 363 g/mol. The highest BCUT2D eigenvalue weighted by atomic mass is 19.1. The van der Waals surface area contributed by atoms with Gasteiger partial charge in [0.15, 0.2) is 0 Å². The number of aliphatic hydroxyl groups is 1. The van der Waals surface area contributed by atoms with E-state index in [2.05, 4.69) is 15.1 Å². The predicted molar refractivity (Wildman–Crippen MR) is 99.2 cm³/mol. The van der Waals surface area contributed by atoms with Crippen molar-refractivity contribution in [1.29, 1.82) is 0 Å². The van der Waals surface area contributed by atoms with Gasteiger partial charge in [-0.25, -0.2) is 4.39 Å². The van der Waals surface area contributed by atoms with E-state index in [1.165, 1.54) is 6.07 Å². The van der Waals surface area contributed by atoms with Crippen LogP contribution in [0.1, 0.15) is 37.3 Å². The summed E-state index contributed by atoms with van der Waals surface area (Å²) in [6.45, 7) is 4.90. The number of halogens is 1. The van der Waals surface area contributed by atoms with Gasteiger partial charge in [0.1, 0.15) is 5.82 Å². The van der Waals surface area contributed by atoms with Gasteiger partial charge in [0.05, 0.1) is 12.6 Å². The Kier molecular flexibility index (Phi) is 7.00. The van der Waals surface area contributed by atoms with Gasteiger partial charge in [-0.3, -0.25) is 9.69 Å². The second-order valence-electron chi connectivity index (χ2n) is 7.37. The maximum atomic E-state index is 14.3. The number of nitrogens with one attached hydrogen (secondary N) is 1. The molecular weight excluding hydrogens is 333 g/mol. The van der Waals surface area contributed by atoms with Crippen LogP contribution in [-0.2, 0) is 4.79 Å². The molecule has 0 aromatic heterocycles. The highest BCUT2D eigenvalue weighted by Gasteiger charge is 2.28. The van der Waals surface area contributed by atoms with Gasteiger partial charge in [-0.1, -0.05) is 18.2 Å². The molecule has 2 aliphatic rings. The SMILES string of the molecule is O=C(NC[C@H](c1ccccc1F)N1CCCC1)C1CCN(CCO)CC1. The Morgan fingerprint density at radius 3 is 2.54 bits per heavy atom. The monoisotopic (exact) mass is 363 g/mol. The van der Waals surface area contributed by atoms with Gasteiger partial charge in [0.2, 0.25) is 5.91 Å². The minimum absolute atomic E-state index is 0.0183. The number of β-amino-alcohol motifs (C(OH)–C–C–N with tert-alkyl or cyclic N) is 1. The lowest BCUT2D eigenvalue weighted by Gasteiger charge is -2.32. The van der Waals surface area contributed by atoms with E-state index in [0.29, 0.717) is 18.7 Å². The first-order chi connectivity index (χ1) is 12.7. The van der Waals surface area contributed by atoms with Crippen LogP contribution in [-0.4, -0.2) is 66.7 Å². The lowest BCUT2D eigenvalue weighted by Crippen LogP contribution is -2.43. The smallest absolute Gasteiger partial charge is 0.223 e. The van der Waals surface area contributed by atoms with Crippen molar-refractivity contribution in [2.24, 2.45) is 5.92 Å². The van der Waals surface area contributed by atoms with Gasteiger partial charge in [0.25, 0.3) is 0 Å². The van der Waals surface area contributed by atoms with Crippen LogP contribution < -0.4 is 5.32 Å². The van der Waals surface area contributed by atoms with E-state index in [4.69, 9.17) is 5.11 Å². The van der Waals surface area contributed by atoms with Crippen LogP contribution in [0.15, 0.2) is 24.3 Å². The summed E-state index contributed by atoms with van der Waals surface area (Å²) in [6, 6.07) is 6.80. The molecule has 5 nitrogen and oxygen atoms in total. The van der Waals surface area contributed by atoms with Crippen LogP contribution in [0.25, 0.3) is 0 Å². The normalized spacial score (nSPS) is 21.0. The number of rotatable bonds is 7. The van der Waals surface area contributed by atoms with Gasteiger partial charge < -0.3 is 15.3 Å². The highest BCUT2D eigenvalue weighted by molar-refractivity contribution is 5.78. The maximum absolute atomic E-state index is 14.3. The zero-order chi connectivity index (χ0) is 18.4. The zero-order valence-electron chi connectivity index (χ0n) is 15.4. The third-order valence-corrected chi connectivity index (χ3v) is 5.69.